The van der Waals surface area contributed by atoms with Gasteiger partial charge in [0.2, 0.25) is 0 Å². The number of ether oxygens (including phenoxy) is 2. The van der Waals surface area contributed by atoms with Crippen molar-refractivity contribution in [2.24, 2.45) is 0 Å². The summed E-state index contributed by atoms with van der Waals surface area (Å²) in [6, 6.07) is 20.3. The molecule has 0 aliphatic rings. The van der Waals surface area contributed by atoms with E-state index < -0.39 is 0 Å². The van der Waals surface area contributed by atoms with E-state index in [1.165, 1.54) is 0 Å². The summed E-state index contributed by atoms with van der Waals surface area (Å²) in [6.07, 6.45) is 0.130. The lowest BCUT2D eigenvalue weighted by Crippen LogP contribution is -2.07. The van der Waals surface area contributed by atoms with E-state index in [9.17, 15) is 9.90 Å². The summed E-state index contributed by atoms with van der Waals surface area (Å²) in [4.78, 5) is 12.7. The summed E-state index contributed by atoms with van der Waals surface area (Å²) < 4.78 is 11.2. The fraction of sp³-hybridized carbons (Fsp3) is 0.174. The van der Waals surface area contributed by atoms with Crippen molar-refractivity contribution in [1.29, 1.82) is 0 Å². The Morgan fingerprint density at radius 2 is 1.78 bits per heavy atom. The molecule has 0 aliphatic heterocycles. The van der Waals surface area contributed by atoms with Crippen LogP contribution in [0.15, 0.2) is 66.7 Å². The maximum absolute atomic E-state index is 12.7. The Balaban J connectivity index is 1.82. The van der Waals surface area contributed by atoms with Gasteiger partial charge < -0.3 is 14.6 Å². The molecule has 0 unspecified atom stereocenters. The molecule has 4 nitrogen and oxygen atoms in total. The van der Waals surface area contributed by atoms with Gasteiger partial charge in [-0.2, -0.15) is 0 Å². The van der Waals surface area contributed by atoms with E-state index in [2.05, 4.69) is 0 Å². The van der Waals surface area contributed by atoms with Gasteiger partial charge in [0.05, 0.1) is 12.7 Å². The van der Waals surface area contributed by atoms with Crippen LogP contribution in [0.1, 0.15) is 27.0 Å². The molecule has 0 radical (unpaired) electrons. The molecule has 0 saturated carbocycles. The summed E-state index contributed by atoms with van der Waals surface area (Å²) in [6.45, 7) is 2.26. The van der Waals surface area contributed by atoms with E-state index in [4.69, 9.17) is 9.47 Å². The zero-order chi connectivity index (χ0) is 19.2. The van der Waals surface area contributed by atoms with Crippen molar-refractivity contribution in [1.82, 2.24) is 0 Å². The van der Waals surface area contributed by atoms with Crippen molar-refractivity contribution in [2.75, 3.05) is 7.11 Å². The normalized spacial score (nSPS) is 10.4. The van der Waals surface area contributed by atoms with Crippen LogP contribution in [0.5, 0.6) is 17.2 Å². The van der Waals surface area contributed by atoms with E-state index in [0.29, 0.717) is 23.7 Å². The Morgan fingerprint density at radius 1 is 1.00 bits per heavy atom. The number of carbonyl (C=O) groups is 1. The maximum atomic E-state index is 12.7. The number of methoxy groups -OCH3 is 1. The number of aromatic hydroxyl groups is 1. The summed E-state index contributed by atoms with van der Waals surface area (Å²) in [5.74, 6) is 1.09. The van der Waals surface area contributed by atoms with Crippen LogP contribution < -0.4 is 9.47 Å². The second kappa shape index (κ2) is 8.41. The van der Waals surface area contributed by atoms with Crippen molar-refractivity contribution >= 4 is 5.78 Å². The average molecular weight is 362 g/mol. The first-order valence-electron chi connectivity index (χ1n) is 8.73. The van der Waals surface area contributed by atoms with Gasteiger partial charge in [0.15, 0.2) is 5.78 Å². The van der Waals surface area contributed by atoms with Gasteiger partial charge in [-0.05, 0) is 36.2 Å². The Morgan fingerprint density at radius 3 is 2.48 bits per heavy atom. The molecule has 3 aromatic carbocycles. The van der Waals surface area contributed by atoms with Gasteiger partial charge in [0, 0.05) is 18.1 Å². The lowest BCUT2D eigenvalue weighted by molar-refractivity contribution is 0.0989. The third-order valence-electron chi connectivity index (χ3n) is 4.32. The largest absolute Gasteiger partial charge is 0.507 e. The van der Waals surface area contributed by atoms with Gasteiger partial charge in [-0.3, -0.25) is 4.79 Å². The molecular weight excluding hydrogens is 340 g/mol. The van der Waals surface area contributed by atoms with Crippen LogP contribution in [-0.2, 0) is 13.0 Å². The maximum Gasteiger partial charge on any atom is 0.171 e. The molecule has 0 aromatic heterocycles. The minimum absolute atomic E-state index is 0.000246. The van der Waals surface area contributed by atoms with Crippen molar-refractivity contribution in [2.45, 2.75) is 20.0 Å². The number of carbonyl (C=O) groups excluding carboxylic acids is 1. The molecular formula is C23H22O4. The number of Topliss-reactive ketones (excluding diaryl/α,β-unsaturated/α-hetero) is 1. The second-order valence-corrected chi connectivity index (χ2v) is 6.37. The van der Waals surface area contributed by atoms with Crippen LogP contribution in [-0.4, -0.2) is 18.0 Å². The highest BCUT2D eigenvalue weighted by Gasteiger charge is 2.15. The third-order valence-corrected chi connectivity index (χ3v) is 4.32. The number of rotatable bonds is 7. The average Bonchev–Trinajstić information content (AvgIpc) is 2.67. The lowest BCUT2D eigenvalue weighted by Gasteiger charge is -2.13. The number of phenols is 1. The highest BCUT2D eigenvalue weighted by Crippen LogP contribution is 2.28. The number of hydrogen-bond acceptors (Lipinski definition) is 4. The monoisotopic (exact) mass is 362 g/mol. The van der Waals surface area contributed by atoms with Gasteiger partial charge in [0.25, 0.3) is 0 Å². The van der Waals surface area contributed by atoms with Crippen LogP contribution in [0, 0.1) is 6.92 Å². The highest BCUT2D eigenvalue weighted by molar-refractivity contribution is 6.00. The minimum atomic E-state index is -0.165. The Labute approximate surface area is 159 Å². The van der Waals surface area contributed by atoms with E-state index in [1.807, 2.05) is 49.4 Å². The van der Waals surface area contributed by atoms with E-state index in [0.717, 1.165) is 16.7 Å². The minimum Gasteiger partial charge on any atom is -0.507 e. The number of phenolic OH excluding ortho intramolecular Hbond substituents is 1. The molecule has 0 spiro atoms. The third kappa shape index (κ3) is 4.67. The number of hydrogen-bond donors (Lipinski definition) is 1. The molecule has 0 atom stereocenters. The predicted molar refractivity (Wildman–Crippen MR) is 105 cm³/mol. The highest BCUT2D eigenvalue weighted by atomic mass is 16.5. The van der Waals surface area contributed by atoms with Crippen LogP contribution in [0.2, 0.25) is 0 Å². The Hall–Kier alpha value is -3.27. The molecule has 3 rings (SSSR count). The van der Waals surface area contributed by atoms with Crippen molar-refractivity contribution in [3.8, 4) is 17.2 Å². The van der Waals surface area contributed by atoms with Crippen molar-refractivity contribution in [3.63, 3.8) is 0 Å². The first-order chi connectivity index (χ1) is 13.1. The van der Waals surface area contributed by atoms with E-state index in [1.54, 1.807) is 31.4 Å². The summed E-state index contributed by atoms with van der Waals surface area (Å²) >= 11 is 0. The van der Waals surface area contributed by atoms with Gasteiger partial charge in [-0.1, -0.05) is 42.5 Å². The molecule has 1 N–H and O–H groups in total. The van der Waals surface area contributed by atoms with Gasteiger partial charge >= 0.3 is 0 Å². The molecule has 0 fully saturated rings. The molecule has 0 saturated heterocycles. The Kier molecular flexibility index (Phi) is 5.77. The van der Waals surface area contributed by atoms with E-state index in [-0.39, 0.29) is 18.0 Å². The van der Waals surface area contributed by atoms with Crippen molar-refractivity contribution in [3.05, 3.63) is 89.0 Å². The molecule has 27 heavy (non-hydrogen) atoms. The molecule has 0 aliphatic carbocycles. The first-order valence-corrected chi connectivity index (χ1v) is 8.73. The van der Waals surface area contributed by atoms with Gasteiger partial charge in [-0.25, -0.2) is 0 Å². The molecule has 0 bridgehead atoms. The quantitative estimate of drug-likeness (QED) is 0.618. The zero-order valence-corrected chi connectivity index (χ0v) is 15.4. The first kappa shape index (κ1) is 18.5. The second-order valence-electron chi connectivity index (χ2n) is 6.37. The predicted octanol–water partition coefficient (Wildman–Crippen LogP) is 4.71. The standard InChI is InChI=1S/C23H22O4/c1-16-8-11-20(21(24)12-16)22(25)13-18-9-10-19(26-2)14-23(18)27-15-17-6-4-3-5-7-17/h3-12,14,24H,13,15H2,1-2H3. The van der Waals surface area contributed by atoms with Crippen LogP contribution in [0.25, 0.3) is 0 Å². The number of ketones is 1. The van der Waals surface area contributed by atoms with Crippen molar-refractivity contribution < 1.29 is 19.4 Å². The SMILES string of the molecule is COc1ccc(CC(=O)c2ccc(C)cc2O)c(OCc2ccccc2)c1. The van der Waals surface area contributed by atoms with Gasteiger partial charge in [-0.15, -0.1) is 0 Å². The van der Waals surface area contributed by atoms with Crippen LogP contribution in [0.4, 0.5) is 0 Å². The zero-order valence-electron chi connectivity index (χ0n) is 15.4. The summed E-state index contributed by atoms with van der Waals surface area (Å²) in [5, 5.41) is 10.1. The smallest absolute Gasteiger partial charge is 0.171 e. The molecule has 138 valence electrons. The summed E-state index contributed by atoms with van der Waals surface area (Å²) in [5.41, 5.74) is 3.00. The van der Waals surface area contributed by atoms with Crippen LogP contribution in [0.3, 0.4) is 0 Å². The molecule has 3 aromatic rings. The Bertz CT molecular complexity index is 932. The molecule has 0 heterocycles. The summed E-state index contributed by atoms with van der Waals surface area (Å²) in [7, 11) is 1.59. The number of aryl methyl sites for hydroxylation is 1. The van der Waals surface area contributed by atoms with E-state index >= 15 is 0 Å². The topological polar surface area (TPSA) is 55.8 Å². The lowest BCUT2D eigenvalue weighted by atomic mass is 10.0. The van der Waals surface area contributed by atoms with Gasteiger partial charge in [0.1, 0.15) is 23.9 Å². The molecule has 0 amide bonds. The fourth-order valence-corrected chi connectivity index (χ4v) is 2.82. The van der Waals surface area contributed by atoms with Crippen LogP contribution >= 0.6 is 0 Å². The fourth-order valence-electron chi connectivity index (χ4n) is 2.82. The molecule has 4 heteroatoms. The number of benzene rings is 3.